The fourth-order valence-corrected chi connectivity index (χ4v) is 2.25. The summed E-state index contributed by atoms with van der Waals surface area (Å²) in [4.78, 5) is 11.9. The van der Waals surface area contributed by atoms with Gasteiger partial charge in [-0.05, 0) is 37.8 Å². The van der Waals surface area contributed by atoms with Crippen LogP contribution < -0.4 is 0 Å². The van der Waals surface area contributed by atoms with E-state index in [0.29, 0.717) is 12.5 Å². The van der Waals surface area contributed by atoms with Gasteiger partial charge in [-0.15, -0.1) is 0 Å². The number of hydrogen-bond donors (Lipinski definition) is 0. The topological polar surface area (TPSA) is 34.9 Å². The first-order chi connectivity index (χ1) is 9.14. The van der Waals surface area contributed by atoms with Gasteiger partial charge in [0.1, 0.15) is 0 Å². The largest absolute Gasteiger partial charge is 0.294 e. The molecule has 0 saturated heterocycles. The highest BCUT2D eigenvalue weighted by Crippen LogP contribution is 2.15. The SMILES string of the molecule is CCC(=CC(=O)Cc1ccn(C(CC)CC)n1)CC. The van der Waals surface area contributed by atoms with Crippen molar-refractivity contribution >= 4 is 5.78 Å². The van der Waals surface area contributed by atoms with Gasteiger partial charge in [-0.3, -0.25) is 9.48 Å². The van der Waals surface area contributed by atoms with Crippen molar-refractivity contribution in [3.63, 3.8) is 0 Å². The zero-order chi connectivity index (χ0) is 14.3. The first kappa shape index (κ1) is 15.7. The zero-order valence-electron chi connectivity index (χ0n) is 12.6. The molecule has 0 aromatic carbocycles. The molecule has 1 aromatic heterocycles. The van der Waals surface area contributed by atoms with Crippen molar-refractivity contribution < 1.29 is 4.79 Å². The number of nitrogens with zero attached hydrogens (tertiary/aromatic N) is 2. The van der Waals surface area contributed by atoms with Crippen molar-refractivity contribution in [3.05, 3.63) is 29.6 Å². The van der Waals surface area contributed by atoms with E-state index < -0.39 is 0 Å². The molecule has 0 bridgehead atoms. The Bertz CT molecular complexity index is 422. The van der Waals surface area contributed by atoms with Crippen LogP contribution in [0.5, 0.6) is 0 Å². The molecule has 1 rings (SSSR count). The summed E-state index contributed by atoms with van der Waals surface area (Å²) in [6.45, 7) is 8.51. The summed E-state index contributed by atoms with van der Waals surface area (Å²) in [7, 11) is 0. The molecular formula is C16H26N2O. The second-order valence-electron chi connectivity index (χ2n) is 4.91. The van der Waals surface area contributed by atoms with Crippen molar-refractivity contribution in [2.24, 2.45) is 0 Å². The van der Waals surface area contributed by atoms with E-state index in [9.17, 15) is 4.79 Å². The molecule has 0 saturated carbocycles. The minimum Gasteiger partial charge on any atom is -0.294 e. The van der Waals surface area contributed by atoms with Crippen LogP contribution in [-0.4, -0.2) is 15.6 Å². The fourth-order valence-electron chi connectivity index (χ4n) is 2.25. The Morgan fingerprint density at radius 3 is 2.42 bits per heavy atom. The Balaban J connectivity index is 2.68. The van der Waals surface area contributed by atoms with Crippen molar-refractivity contribution in [2.45, 2.75) is 65.8 Å². The lowest BCUT2D eigenvalue weighted by atomic mass is 10.1. The fraction of sp³-hybridized carbons (Fsp3) is 0.625. The number of carbonyl (C=O) groups excluding carboxylic acids is 1. The second-order valence-corrected chi connectivity index (χ2v) is 4.91. The van der Waals surface area contributed by atoms with E-state index in [-0.39, 0.29) is 5.78 Å². The van der Waals surface area contributed by atoms with E-state index in [4.69, 9.17) is 0 Å². The quantitative estimate of drug-likeness (QED) is 0.661. The molecular weight excluding hydrogens is 236 g/mol. The molecule has 0 spiro atoms. The van der Waals surface area contributed by atoms with Gasteiger partial charge in [-0.1, -0.05) is 33.3 Å². The van der Waals surface area contributed by atoms with Crippen LogP contribution in [0.4, 0.5) is 0 Å². The lowest BCUT2D eigenvalue weighted by Crippen LogP contribution is -2.09. The molecule has 0 radical (unpaired) electrons. The summed E-state index contributed by atoms with van der Waals surface area (Å²) >= 11 is 0. The third-order valence-electron chi connectivity index (χ3n) is 3.61. The summed E-state index contributed by atoms with van der Waals surface area (Å²) in [6.07, 6.45) is 8.23. The summed E-state index contributed by atoms with van der Waals surface area (Å²) in [5.74, 6) is 0.161. The summed E-state index contributed by atoms with van der Waals surface area (Å²) in [5, 5.41) is 4.52. The van der Waals surface area contributed by atoms with Crippen LogP contribution in [0.3, 0.4) is 0 Å². The first-order valence-electron chi connectivity index (χ1n) is 7.40. The minimum absolute atomic E-state index is 0.161. The molecule has 3 heteroatoms. The molecule has 0 fully saturated rings. The molecule has 0 unspecified atom stereocenters. The van der Waals surface area contributed by atoms with Gasteiger partial charge in [-0.2, -0.15) is 5.10 Å². The zero-order valence-corrected chi connectivity index (χ0v) is 12.6. The summed E-state index contributed by atoms with van der Waals surface area (Å²) in [6, 6.07) is 2.41. The lowest BCUT2D eigenvalue weighted by molar-refractivity contribution is -0.114. The van der Waals surface area contributed by atoms with Gasteiger partial charge < -0.3 is 0 Å². The van der Waals surface area contributed by atoms with Gasteiger partial charge in [0.2, 0.25) is 0 Å². The van der Waals surface area contributed by atoms with E-state index in [1.807, 2.05) is 16.9 Å². The number of hydrogen-bond acceptors (Lipinski definition) is 2. The Morgan fingerprint density at radius 2 is 1.89 bits per heavy atom. The number of ketones is 1. The highest BCUT2D eigenvalue weighted by molar-refractivity contribution is 5.91. The maximum atomic E-state index is 11.9. The van der Waals surface area contributed by atoms with Crippen molar-refractivity contribution in [1.82, 2.24) is 9.78 Å². The number of carbonyl (C=O) groups is 1. The maximum absolute atomic E-state index is 11.9. The molecule has 3 nitrogen and oxygen atoms in total. The molecule has 0 aliphatic heterocycles. The van der Waals surface area contributed by atoms with Crippen molar-refractivity contribution in [2.75, 3.05) is 0 Å². The molecule has 19 heavy (non-hydrogen) atoms. The van der Waals surface area contributed by atoms with Crippen LogP contribution >= 0.6 is 0 Å². The third kappa shape index (κ3) is 4.66. The Hall–Kier alpha value is -1.38. The molecule has 0 aliphatic carbocycles. The molecule has 1 aromatic rings. The van der Waals surface area contributed by atoms with Crippen LogP contribution in [0.1, 0.15) is 65.1 Å². The van der Waals surface area contributed by atoms with E-state index in [0.717, 1.165) is 31.4 Å². The van der Waals surface area contributed by atoms with E-state index in [2.05, 4.69) is 32.8 Å². The molecule has 0 amide bonds. The summed E-state index contributed by atoms with van der Waals surface area (Å²) < 4.78 is 1.99. The van der Waals surface area contributed by atoms with Crippen LogP contribution in [0.15, 0.2) is 23.9 Å². The predicted octanol–water partition coefficient (Wildman–Crippen LogP) is 4.10. The van der Waals surface area contributed by atoms with Crippen LogP contribution in [0.25, 0.3) is 0 Å². The van der Waals surface area contributed by atoms with Gasteiger partial charge in [0.15, 0.2) is 5.78 Å². The monoisotopic (exact) mass is 262 g/mol. The van der Waals surface area contributed by atoms with Crippen LogP contribution in [-0.2, 0) is 11.2 Å². The maximum Gasteiger partial charge on any atom is 0.161 e. The summed E-state index contributed by atoms with van der Waals surface area (Å²) in [5.41, 5.74) is 2.09. The molecule has 0 atom stereocenters. The van der Waals surface area contributed by atoms with Crippen molar-refractivity contribution in [1.29, 1.82) is 0 Å². The molecule has 0 N–H and O–H groups in total. The number of rotatable bonds is 8. The van der Waals surface area contributed by atoms with Gasteiger partial charge in [0, 0.05) is 6.20 Å². The van der Waals surface area contributed by atoms with Gasteiger partial charge >= 0.3 is 0 Å². The Morgan fingerprint density at radius 1 is 1.26 bits per heavy atom. The number of allylic oxidation sites excluding steroid dienone is 2. The highest BCUT2D eigenvalue weighted by Gasteiger charge is 2.09. The van der Waals surface area contributed by atoms with Crippen LogP contribution in [0.2, 0.25) is 0 Å². The van der Waals surface area contributed by atoms with E-state index in [1.54, 1.807) is 6.08 Å². The van der Waals surface area contributed by atoms with E-state index in [1.165, 1.54) is 5.57 Å². The van der Waals surface area contributed by atoms with Gasteiger partial charge in [-0.25, -0.2) is 0 Å². The minimum atomic E-state index is 0.161. The van der Waals surface area contributed by atoms with Gasteiger partial charge in [0.05, 0.1) is 18.2 Å². The molecule has 106 valence electrons. The van der Waals surface area contributed by atoms with Gasteiger partial charge in [0.25, 0.3) is 0 Å². The Labute approximate surface area is 116 Å². The predicted molar refractivity (Wildman–Crippen MR) is 79.2 cm³/mol. The van der Waals surface area contributed by atoms with E-state index >= 15 is 0 Å². The Kier molecular flexibility index (Phi) is 6.54. The first-order valence-corrected chi connectivity index (χ1v) is 7.40. The second kappa shape index (κ2) is 7.93. The number of aromatic nitrogens is 2. The normalized spacial score (nSPS) is 10.8. The molecule has 1 heterocycles. The van der Waals surface area contributed by atoms with Crippen LogP contribution in [0, 0.1) is 0 Å². The highest BCUT2D eigenvalue weighted by atomic mass is 16.1. The smallest absolute Gasteiger partial charge is 0.161 e. The lowest BCUT2D eigenvalue weighted by Gasteiger charge is -2.12. The standard InChI is InChI=1S/C16H26N2O/c1-5-13(6-2)11-16(19)12-14-9-10-18(17-14)15(7-3)8-4/h9-11,15H,5-8,12H2,1-4H3. The molecule has 0 aliphatic rings. The third-order valence-corrected chi connectivity index (χ3v) is 3.61. The average Bonchev–Trinajstić information content (AvgIpc) is 2.85. The van der Waals surface area contributed by atoms with Crippen molar-refractivity contribution in [3.8, 4) is 0 Å². The average molecular weight is 262 g/mol.